The lowest BCUT2D eigenvalue weighted by molar-refractivity contribution is 0.101. The molecule has 1 aromatic carbocycles. The van der Waals surface area contributed by atoms with Crippen LogP contribution in [0.15, 0.2) is 35.8 Å². The lowest BCUT2D eigenvalue weighted by Gasteiger charge is -2.04. The maximum atomic E-state index is 11.3. The molecule has 3 nitrogen and oxygen atoms in total. The van der Waals surface area contributed by atoms with Crippen molar-refractivity contribution in [3.05, 3.63) is 46.6 Å². The van der Waals surface area contributed by atoms with E-state index in [0.717, 1.165) is 21.5 Å². The number of pyridine rings is 1. The number of rotatable bonds is 2. The topological polar surface area (TPSA) is 42.9 Å². The molecule has 0 fully saturated rings. The van der Waals surface area contributed by atoms with Gasteiger partial charge in [0.25, 0.3) is 0 Å². The Labute approximate surface area is 118 Å². The monoisotopic (exact) mass is 288 g/mol. The van der Waals surface area contributed by atoms with E-state index >= 15 is 0 Å². The Hall–Kier alpha value is -1.78. The van der Waals surface area contributed by atoms with E-state index in [9.17, 15) is 4.79 Å². The number of benzene rings is 1. The first-order chi connectivity index (χ1) is 9.16. The Bertz CT molecular complexity index is 782. The lowest BCUT2D eigenvalue weighted by atomic mass is 10.1. The van der Waals surface area contributed by atoms with Gasteiger partial charge in [-0.25, -0.2) is 4.98 Å². The van der Waals surface area contributed by atoms with E-state index in [1.807, 2.05) is 24.3 Å². The number of ketones is 1. The van der Waals surface area contributed by atoms with Crippen molar-refractivity contribution in [2.45, 2.75) is 6.92 Å². The van der Waals surface area contributed by atoms with Crippen LogP contribution in [0.2, 0.25) is 5.02 Å². The van der Waals surface area contributed by atoms with Gasteiger partial charge in [-0.15, -0.1) is 11.3 Å². The highest BCUT2D eigenvalue weighted by Crippen LogP contribution is 2.33. The lowest BCUT2D eigenvalue weighted by Crippen LogP contribution is -1.92. The van der Waals surface area contributed by atoms with Gasteiger partial charge in [-0.3, -0.25) is 9.78 Å². The number of hydrogen-bond donors (Lipinski definition) is 0. The van der Waals surface area contributed by atoms with E-state index in [1.165, 1.54) is 18.3 Å². The predicted molar refractivity (Wildman–Crippen MR) is 77.9 cm³/mol. The van der Waals surface area contributed by atoms with Gasteiger partial charge in [-0.2, -0.15) is 0 Å². The molecule has 3 rings (SSSR count). The van der Waals surface area contributed by atoms with E-state index in [4.69, 9.17) is 11.6 Å². The van der Waals surface area contributed by atoms with Crippen LogP contribution in [0.4, 0.5) is 0 Å². The van der Waals surface area contributed by atoms with Crippen LogP contribution in [0.5, 0.6) is 0 Å². The van der Waals surface area contributed by atoms with Gasteiger partial charge in [0.15, 0.2) is 5.78 Å². The molecule has 0 aliphatic rings. The molecule has 0 saturated heterocycles. The van der Waals surface area contributed by atoms with Crippen LogP contribution >= 0.6 is 22.9 Å². The van der Waals surface area contributed by atoms with Crippen molar-refractivity contribution in [1.29, 1.82) is 0 Å². The highest BCUT2D eigenvalue weighted by atomic mass is 35.5. The number of Topliss-reactive ketones (excluding diaryl/α,β-unsaturated/α-hetero) is 1. The molecule has 0 saturated carbocycles. The summed E-state index contributed by atoms with van der Waals surface area (Å²) in [7, 11) is 0. The zero-order chi connectivity index (χ0) is 13.4. The molecule has 0 atom stereocenters. The summed E-state index contributed by atoms with van der Waals surface area (Å²) in [5.41, 5.74) is 2.19. The fourth-order valence-electron chi connectivity index (χ4n) is 1.87. The number of carbonyl (C=O) groups is 1. The van der Waals surface area contributed by atoms with Gasteiger partial charge in [0, 0.05) is 29.5 Å². The number of carbonyl (C=O) groups excluding carboxylic acids is 1. The highest BCUT2D eigenvalue weighted by molar-refractivity contribution is 7.13. The maximum Gasteiger partial charge on any atom is 0.178 e. The summed E-state index contributed by atoms with van der Waals surface area (Å²) in [6, 6.07) is 7.49. The average Bonchev–Trinajstić information content (AvgIpc) is 2.89. The Balaban J connectivity index is 2.24. The molecule has 3 aromatic rings. The van der Waals surface area contributed by atoms with Gasteiger partial charge >= 0.3 is 0 Å². The van der Waals surface area contributed by atoms with Crippen molar-refractivity contribution in [2.24, 2.45) is 0 Å². The molecule has 0 aliphatic carbocycles. The summed E-state index contributed by atoms with van der Waals surface area (Å²) < 4.78 is 0. The molecule has 0 N–H and O–H groups in total. The molecule has 2 heterocycles. The number of nitrogens with zero attached hydrogens (tertiary/aromatic N) is 2. The number of halogens is 1. The summed E-state index contributed by atoms with van der Waals surface area (Å²) in [6.07, 6.45) is 1.72. The maximum absolute atomic E-state index is 11.3. The highest BCUT2D eigenvalue weighted by Gasteiger charge is 2.12. The predicted octanol–water partition coefficient (Wildman–Crippen LogP) is 4.21. The average molecular weight is 289 g/mol. The van der Waals surface area contributed by atoms with Crippen LogP contribution < -0.4 is 0 Å². The number of fused-ring (bicyclic) bond motifs is 1. The molecule has 0 amide bonds. The Morgan fingerprint density at radius 2 is 2.16 bits per heavy atom. The second-order valence-corrected chi connectivity index (χ2v) is 5.35. The zero-order valence-electron chi connectivity index (χ0n) is 10.1. The van der Waals surface area contributed by atoms with Gasteiger partial charge in [0.2, 0.25) is 0 Å². The van der Waals surface area contributed by atoms with Crippen LogP contribution in [-0.4, -0.2) is 15.8 Å². The first-order valence-corrected chi connectivity index (χ1v) is 6.92. The normalized spacial score (nSPS) is 10.8. The second kappa shape index (κ2) is 4.72. The zero-order valence-corrected chi connectivity index (χ0v) is 11.6. The first-order valence-electron chi connectivity index (χ1n) is 5.67. The molecule has 0 radical (unpaired) electrons. The molecule has 94 valence electrons. The number of thiazole rings is 1. The van der Waals surface area contributed by atoms with Gasteiger partial charge in [0.05, 0.1) is 10.5 Å². The fraction of sp³-hybridized carbons (Fsp3) is 0.0714. The van der Waals surface area contributed by atoms with Crippen molar-refractivity contribution in [3.8, 4) is 10.6 Å². The van der Waals surface area contributed by atoms with E-state index in [2.05, 4.69) is 9.97 Å². The van der Waals surface area contributed by atoms with E-state index in [0.29, 0.717) is 10.7 Å². The largest absolute Gasteiger partial charge is 0.293 e. The number of hydrogen-bond acceptors (Lipinski definition) is 4. The SMILES string of the molecule is CC(=O)c1csc(-c2ccc(Cl)c3cccnc23)n1. The Morgan fingerprint density at radius 3 is 2.89 bits per heavy atom. The van der Waals surface area contributed by atoms with Crippen molar-refractivity contribution in [2.75, 3.05) is 0 Å². The Kier molecular flexibility index (Phi) is 3.05. The van der Waals surface area contributed by atoms with Crippen molar-refractivity contribution in [3.63, 3.8) is 0 Å². The molecular weight excluding hydrogens is 280 g/mol. The molecule has 0 spiro atoms. The summed E-state index contributed by atoms with van der Waals surface area (Å²) in [5.74, 6) is -0.0336. The molecule has 0 unspecified atom stereocenters. The van der Waals surface area contributed by atoms with Crippen LogP contribution in [0.3, 0.4) is 0 Å². The molecule has 2 aromatic heterocycles. The summed E-state index contributed by atoms with van der Waals surface area (Å²) in [4.78, 5) is 20.0. The summed E-state index contributed by atoms with van der Waals surface area (Å²) >= 11 is 7.60. The third-order valence-corrected chi connectivity index (χ3v) is 4.02. The smallest absolute Gasteiger partial charge is 0.178 e. The third kappa shape index (κ3) is 2.13. The minimum Gasteiger partial charge on any atom is -0.293 e. The van der Waals surface area contributed by atoms with Gasteiger partial charge in [0.1, 0.15) is 10.7 Å². The summed E-state index contributed by atoms with van der Waals surface area (Å²) in [5, 5.41) is 4.10. The van der Waals surface area contributed by atoms with Crippen LogP contribution in [0, 0.1) is 0 Å². The standard InChI is InChI=1S/C14H9ClN2OS/c1-8(18)12-7-19-14(17-12)10-4-5-11(15)9-3-2-6-16-13(9)10/h2-7H,1H3. The Morgan fingerprint density at radius 1 is 1.32 bits per heavy atom. The van der Waals surface area contributed by atoms with Gasteiger partial charge in [-0.1, -0.05) is 11.6 Å². The van der Waals surface area contributed by atoms with Crippen molar-refractivity contribution >= 4 is 39.6 Å². The first kappa shape index (κ1) is 12.3. The van der Waals surface area contributed by atoms with Gasteiger partial charge in [-0.05, 0) is 24.3 Å². The second-order valence-electron chi connectivity index (χ2n) is 4.09. The third-order valence-electron chi connectivity index (χ3n) is 2.81. The minimum absolute atomic E-state index is 0.0336. The minimum atomic E-state index is -0.0336. The van der Waals surface area contributed by atoms with E-state index in [-0.39, 0.29) is 5.78 Å². The van der Waals surface area contributed by atoms with Crippen LogP contribution in [-0.2, 0) is 0 Å². The molecule has 0 aliphatic heterocycles. The van der Waals surface area contributed by atoms with Crippen molar-refractivity contribution in [1.82, 2.24) is 9.97 Å². The molecule has 19 heavy (non-hydrogen) atoms. The molecule has 0 bridgehead atoms. The van der Waals surface area contributed by atoms with Crippen LogP contribution in [0.1, 0.15) is 17.4 Å². The fourth-order valence-corrected chi connectivity index (χ4v) is 2.97. The van der Waals surface area contributed by atoms with Gasteiger partial charge < -0.3 is 0 Å². The van der Waals surface area contributed by atoms with Crippen molar-refractivity contribution < 1.29 is 4.79 Å². The van der Waals surface area contributed by atoms with E-state index < -0.39 is 0 Å². The molecular formula is C14H9ClN2OS. The number of aromatic nitrogens is 2. The summed E-state index contributed by atoms with van der Waals surface area (Å²) in [6.45, 7) is 1.51. The van der Waals surface area contributed by atoms with Crippen LogP contribution in [0.25, 0.3) is 21.5 Å². The molecule has 5 heteroatoms. The van der Waals surface area contributed by atoms with E-state index in [1.54, 1.807) is 11.6 Å². The quantitative estimate of drug-likeness (QED) is 0.663.